The molecule has 124 valence electrons. The first-order valence-electron chi connectivity index (χ1n) is 7.73. The normalized spacial score (nSPS) is 10.4. The van der Waals surface area contributed by atoms with Gasteiger partial charge in [0.05, 0.1) is 6.54 Å². The van der Waals surface area contributed by atoms with Crippen LogP contribution in [0.3, 0.4) is 0 Å². The first-order valence-corrected chi connectivity index (χ1v) is 7.73. The van der Waals surface area contributed by atoms with Gasteiger partial charge in [0.25, 0.3) is 0 Å². The largest absolute Gasteiger partial charge is 0.457 e. The van der Waals surface area contributed by atoms with Crippen LogP contribution in [0.4, 0.5) is 0 Å². The minimum Gasteiger partial charge on any atom is -0.457 e. The number of hydrogen-bond donors (Lipinski definition) is 2. The van der Waals surface area contributed by atoms with Gasteiger partial charge >= 0.3 is 0 Å². The van der Waals surface area contributed by atoms with Crippen molar-refractivity contribution < 1.29 is 14.3 Å². The minimum atomic E-state index is -0.323. The van der Waals surface area contributed by atoms with Gasteiger partial charge in [-0.1, -0.05) is 30.3 Å². The zero-order chi connectivity index (χ0) is 17.2. The number of carbonyl (C=O) groups excluding carboxylic acids is 2. The summed E-state index contributed by atoms with van der Waals surface area (Å²) in [6.45, 7) is 2.33. The Morgan fingerprint density at radius 2 is 1.75 bits per heavy atom. The van der Waals surface area contributed by atoms with E-state index in [1.807, 2.05) is 61.5 Å². The minimum absolute atomic E-state index is 0.0336. The Morgan fingerprint density at radius 1 is 1.00 bits per heavy atom. The predicted octanol–water partition coefficient (Wildman–Crippen LogP) is 2.74. The van der Waals surface area contributed by atoms with E-state index in [4.69, 9.17) is 4.74 Å². The fraction of sp³-hybridized carbons (Fsp3) is 0.158. The molecule has 2 aromatic rings. The molecule has 5 nitrogen and oxygen atoms in total. The lowest BCUT2D eigenvalue weighted by Crippen LogP contribution is -2.35. The molecule has 0 aliphatic rings. The SMILES string of the molecule is CCNC(=O)CNC(=O)/C=C/c1cccc(Oc2ccccc2)c1. The van der Waals surface area contributed by atoms with Gasteiger partial charge in [0.2, 0.25) is 11.8 Å². The van der Waals surface area contributed by atoms with Crippen molar-refractivity contribution in [3.8, 4) is 11.5 Å². The van der Waals surface area contributed by atoms with E-state index in [0.717, 1.165) is 11.3 Å². The summed E-state index contributed by atoms with van der Waals surface area (Å²) in [5.74, 6) is 0.900. The van der Waals surface area contributed by atoms with Gasteiger partial charge in [-0.15, -0.1) is 0 Å². The molecule has 24 heavy (non-hydrogen) atoms. The highest BCUT2D eigenvalue weighted by atomic mass is 16.5. The summed E-state index contributed by atoms with van der Waals surface area (Å²) in [6, 6.07) is 16.9. The van der Waals surface area contributed by atoms with Gasteiger partial charge in [-0.25, -0.2) is 0 Å². The zero-order valence-electron chi connectivity index (χ0n) is 13.5. The van der Waals surface area contributed by atoms with E-state index in [0.29, 0.717) is 12.3 Å². The third kappa shape index (κ3) is 5.96. The number of likely N-dealkylation sites (N-methyl/N-ethyl adjacent to an activating group) is 1. The number of amides is 2. The maximum Gasteiger partial charge on any atom is 0.244 e. The molecule has 0 fully saturated rings. The van der Waals surface area contributed by atoms with E-state index in [-0.39, 0.29) is 18.4 Å². The van der Waals surface area contributed by atoms with Gasteiger partial charge in [-0.3, -0.25) is 9.59 Å². The summed E-state index contributed by atoms with van der Waals surface area (Å²) in [7, 11) is 0. The Labute approximate surface area is 141 Å². The van der Waals surface area contributed by atoms with Crippen LogP contribution in [-0.2, 0) is 9.59 Å². The van der Waals surface area contributed by atoms with Gasteiger partial charge in [-0.2, -0.15) is 0 Å². The highest BCUT2D eigenvalue weighted by molar-refractivity contribution is 5.94. The van der Waals surface area contributed by atoms with Crippen LogP contribution in [0, 0.1) is 0 Å². The second-order valence-electron chi connectivity index (χ2n) is 4.99. The number of nitrogens with one attached hydrogen (secondary N) is 2. The van der Waals surface area contributed by atoms with Crippen LogP contribution >= 0.6 is 0 Å². The van der Waals surface area contributed by atoms with Crippen LogP contribution in [0.25, 0.3) is 6.08 Å². The van der Waals surface area contributed by atoms with Crippen molar-refractivity contribution in [2.24, 2.45) is 0 Å². The fourth-order valence-corrected chi connectivity index (χ4v) is 1.96. The smallest absolute Gasteiger partial charge is 0.244 e. The summed E-state index contributed by atoms with van der Waals surface area (Å²) in [4.78, 5) is 23.0. The summed E-state index contributed by atoms with van der Waals surface area (Å²) in [6.07, 6.45) is 3.06. The molecule has 0 saturated carbocycles. The molecule has 0 aromatic heterocycles. The summed E-state index contributed by atoms with van der Waals surface area (Å²) < 4.78 is 5.74. The lowest BCUT2D eigenvalue weighted by atomic mass is 10.2. The second-order valence-corrected chi connectivity index (χ2v) is 4.99. The van der Waals surface area contributed by atoms with Crippen molar-refractivity contribution in [2.75, 3.05) is 13.1 Å². The average Bonchev–Trinajstić information content (AvgIpc) is 2.60. The topological polar surface area (TPSA) is 67.4 Å². The molecule has 0 unspecified atom stereocenters. The lowest BCUT2D eigenvalue weighted by Gasteiger charge is -2.06. The Hall–Kier alpha value is -3.08. The molecular formula is C19H20N2O3. The maximum absolute atomic E-state index is 11.7. The van der Waals surface area contributed by atoms with Gasteiger partial charge in [0, 0.05) is 12.6 Å². The molecule has 0 heterocycles. The van der Waals surface area contributed by atoms with E-state index in [1.165, 1.54) is 6.08 Å². The van der Waals surface area contributed by atoms with E-state index in [1.54, 1.807) is 6.08 Å². The summed E-state index contributed by atoms with van der Waals surface area (Å²) >= 11 is 0. The highest BCUT2D eigenvalue weighted by Gasteiger charge is 2.01. The Kier molecular flexibility index (Phi) is 6.58. The van der Waals surface area contributed by atoms with Crippen molar-refractivity contribution in [3.63, 3.8) is 0 Å². The summed E-state index contributed by atoms with van der Waals surface area (Å²) in [5, 5.41) is 5.13. The van der Waals surface area contributed by atoms with Crippen LogP contribution in [0.1, 0.15) is 12.5 Å². The molecule has 5 heteroatoms. The molecule has 0 radical (unpaired) electrons. The fourth-order valence-electron chi connectivity index (χ4n) is 1.96. The number of rotatable bonds is 7. The molecule has 2 amide bonds. The molecule has 0 spiro atoms. The van der Waals surface area contributed by atoms with E-state index < -0.39 is 0 Å². The molecule has 0 bridgehead atoms. The Bertz CT molecular complexity index is 712. The first-order chi connectivity index (χ1) is 11.7. The molecule has 2 aromatic carbocycles. The third-order valence-corrected chi connectivity index (χ3v) is 3.06. The van der Waals surface area contributed by atoms with Crippen molar-refractivity contribution in [1.82, 2.24) is 10.6 Å². The van der Waals surface area contributed by atoms with Gasteiger partial charge < -0.3 is 15.4 Å². The quantitative estimate of drug-likeness (QED) is 0.770. The highest BCUT2D eigenvalue weighted by Crippen LogP contribution is 2.22. The van der Waals surface area contributed by atoms with Gasteiger partial charge in [-0.05, 0) is 42.8 Å². The third-order valence-electron chi connectivity index (χ3n) is 3.06. The predicted molar refractivity (Wildman–Crippen MR) is 93.7 cm³/mol. The molecule has 2 N–H and O–H groups in total. The van der Waals surface area contributed by atoms with Gasteiger partial charge in [0.15, 0.2) is 0 Å². The number of benzene rings is 2. The number of carbonyl (C=O) groups is 2. The number of hydrogen-bond acceptors (Lipinski definition) is 3. The van der Waals surface area contributed by atoms with E-state index in [9.17, 15) is 9.59 Å². The molecular weight excluding hydrogens is 304 g/mol. The monoisotopic (exact) mass is 324 g/mol. The average molecular weight is 324 g/mol. The number of para-hydroxylation sites is 1. The lowest BCUT2D eigenvalue weighted by molar-refractivity contribution is -0.123. The number of ether oxygens (including phenoxy) is 1. The second kappa shape index (κ2) is 9.15. The van der Waals surface area contributed by atoms with Crippen LogP contribution in [0.2, 0.25) is 0 Å². The van der Waals surface area contributed by atoms with Crippen LogP contribution in [0.5, 0.6) is 11.5 Å². The molecule has 0 saturated heterocycles. The van der Waals surface area contributed by atoms with Crippen molar-refractivity contribution in [1.29, 1.82) is 0 Å². The Balaban J connectivity index is 1.91. The van der Waals surface area contributed by atoms with Crippen LogP contribution < -0.4 is 15.4 Å². The van der Waals surface area contributed by atoms with Crippen molar-refractivity contribution >= 4 is 17.9 Å². The summed E-state index contributed by atoms with van der Waals surface area (Å²) in [5.41, 5.74) is 0.830. The maximum atomic E-state index is 11.7. The van der Waals surface area contributed by atoms with E-state index >= 15 is 0 Å². The van der Waals surface area contributed by atoms with Crippen LogP contribution in [-0.4, -0.2) is 24.9 Å². The first kappa shape index (κ1) is 17.3. The molecule has 0 aliphatic heterocycles. The van der Waals surface area contributed by atoms with Crippen molar-refractivity contribution in [3.05, 3.63) is 66.2 Å². The van der Waals surface area contributed by atoms with Crippen molar-refractivity contribution in [2.45, 2.75) is 6.92 Å². The Morgan fingerprint density at radius 3 is 2.50 bits per heavy atom. The molecule has 0 aliphatic carbocycles. The van der Waals surface area contributed by atoms with Crippen LogP contribution in [0.15, 0.2) is 60.7 Å². The molecule has 0 atom stereocenters. The molecule has 2 rings (SSSR count). The van der Waals surface area contributed by atoms with E-state index in [2.05, 4.69) is 10.6 Å². The standard InChI is InChI=1S/C19H20N2O3/c1-2-20-19(23)14-21-18(22)12-11-15-7-6-10-17(13-15)24-16-8-4-3-5-9-16/h3-13H,2,14H2,1H3,(H,20,23)(H,21,22)/b12-11+. The van der Waals surface area contributed by atoms with Gasteiger partial charge in [0.1, 0.15) is 11.5 Å². The zero-order valence-corrected chi connectivity index (χ0v) is 13.5.